The van der Waals surface area contributed by atoms with Gasteiger partial charge in [-0.1, -0.05) is 11.6 Å². The molecule has 1 unspecified atom stereocenters. The lowest BCUT2D eigenvalue weighted by Gasteiger charge is -2.38. The van der Waals surface area contributed by atoms with Crippen molar-refractivity contribution < 1.29 is 9.72 Å². The van der Waals surface area contributed by atoms with Gasteiger partial charge in [-0.3, -0.25) is 14.9 Å². The number of piperazine rings is 1. The van der Waals surface area contributed by atoms with E-state index in [9.17, 15) is 14.9 Å². The molecule has 1 amide bonds. The number of hydrogen-bond acceptors (Lipinski definition) is 4. The minimum Gasteiger partial charge on any atom is -0.333 e. The molecule has 0 spiro atoms. The molecule has 0 N–H and O–H groups in total. The normalized spacial score (nSPS) is 19.9. The third-order valence-electron chi connectivity index (χ3n) is 3.48. The van der Waals surface area contributed by atoms with Crippen molar-refractivity contribution in [3.63, 3.8) is 0 Å². The van der Waals surface area contributed by atoms with Crippen LogP contribution in [0.25, 0.3) is 0 Å². The Hall–Kier alpha value is -1.66. The summed E-state index contributed by atoms with van der Waals surface area (Å²) in [6, 6.07) is 4.25. The van der Waals surface area contributed by atoms with Crippen LogP contribution < -0.4 is 0 Å². The minimum absolute atomic E-state index is 0.0398. The number of amides is 1. The van der Waals surface area contributed by atoms with Crippen LogP contribution in [0.15, 0.2) is 18.2 Å². The fraction of sp³-hybridized carbons (Fsp3) is 0.462. The molecule has 6 nitrogen and oxygen atoms in total. The van der Waals surface area contributed by atoms with Gasteiger partial charge in [0.2, 0.25) is 0 Å². The van der Waals surface area contributed by atoms with Crippen molar-refractivity contribution >= 4 is 23.2 Å². The van der Waals surface area contributed by atoms with Crippen LogP contribution in [0, 0.1) is 10.1 Å². The summed E-state index contributed by atoms with van der Waals surface area (Å²) in [7, 11) is 2.01. The molecule has 1 aromatic carbocycles. The van der Waals surface area contributed by atoms with Crippen LogP contribution in [0.5, 0.6) is 0 Å². The molecule has 0 aliphatic carbocycles. The predicted octanol–water partition coefficient (Wildman–Crippen LogP) is 2.02. The van der Waals surface area contributed by atoms with Crippen LogP contribution >= 0.6 is 11.6 Å². The van der Waals surface area contributed by atoms with Crippen LogP contribution in [0.2, 0.25) is 5.02 Å². The molecule has 1 aliphatic rings. The summed E-state index contributed by atoms with van der Waals surface area (Å²) >= 11 is 5.76. The summed E-state index contributed by atoms with van der Waals surface area (Å²) < 4.78 is 0. The Morgan fingerprint density at radius 1 is 1.45 bits per heavy atom. The molecule has 1 saturated heterocycles. The van der Waals surface area contributed by atoms with Crippen molar-refractivity contribution in [3.05, 3.63) is 38.9 Å². The van der Waals surface area contributed by atoms with Crippen molar-refractivity contribution in [2.45, 2.75) is 13.0 Å². The number of halogens is 1. The Morgan fingerprint density at radius 2 is 2.15 bits per heavy atom. The molecule has 2 rings (SSSR count). The molecular formula is C13H16ClN3O3. The third kappa shape index (κ3) is 2.91. The summed E-state index contributed by atoms with van der Waals surface area (Å²) in [4.78, 5) is 26.6. The zero-order valence-corrected chi connectivity index (χ0v) is 12.1. The van der Waals surface area contributed by atoms with Gasteiger partial charge in [0, 0.05) is 37.3 Å². The highest BCUT2D eigenvalue weighted by Crippen LogP contribution is 2.26. The number of likely N-dealkylation sites (N-methyl/N-ethyl adjacent to an activating group) is 1. The maximum absolute atomic E-state index is 12.4. The largest absolute Gasteiger partial charge is 0.333 e. The lowest BCUT2D eigenvalue weighted by Crippen LogP contribution is -2.52. The molecule has 0 aromatic heterocycles. The van der Waals surface area contributed by atoms with Crippen molar-refractivity contribution in [2.24, 2.45) is 0 Å². The molecule has 20 heavy (non-hydrogen) atoms. The molecule has 1 aliphatic heterocycles. The van der Waals surface area contributed by atoms with Crippen LogP contribution in [-0.2, 0) is 0 Å². The predicted molar refractivity (Wildman–Crippen MR) is 76.1 cm³/mol. The van der Waals surface area contributed by atoms with Gasteiger partial charge in [0.05, 0.1) is 4.92 Å². The van der Waals surface area contributed by atoms with Crippen LogP contribution in [0.4, 0.5) is 5.69 Å². The Kier molecular flexibility index (Phi) is 4.25. The second-order valence-corrected chi connectivity index (χ2v) is 5.44. The molecule has 7 heteroatoms. The number of carbonyl (C=O) groups excluding carboxylic acids is 1. The highest BCUT2D eigenvalue weighted by Gasteiger charge is 2.27. The Morgan fingerprint density at radius 3 is 2.75 bits per heavy atom. The second-order valence-electron chi connectivity index (χ2n) is 5.03. The van der Waals surface area contributed by atoms with Crippen molar-refractivity contribution in [1.29, 1.82) is 0 Å². The van der Waals surface area contributed by atoms with E-state index in [0.717, 1.165) is 13.1 Å². The highest BCUT2D eigenvalue weighted by molar-refractivity contribution is 6.32. The van der Waals surface area contributed by atoms with Gasteiger partial charge in [0.25, 0.3) is 11.6 Å². The van der Waals surface area contributed by atoms with E-state index >= 15 is 0 Å². The average Bonchev–Trinajstić information content (AvgIpc) is 2.38. The number of hydrogen-bond donors (Lipinski definition) is 0. The van der Waals surface area contributed by atoms with Crippen LogP contribution in [-0.4, -0.2) is 53.4 Å². The lowest BCUT2D eigenvalue weighted by atomic mass is 10.1. The molecule has 1 heterocycles. The summed E-state index contributed by atoms with van der Waals surface area (Å²) in [5, 5.41) is 10.9. The smallest absolute Gasteiger partial charge is 0.288 e. The van der Waals surface area contributed by atoms with E-state index in [4.69, 9.17) is 11.6 Å². The molecule has 1 aromatic rings. The van der Waals surface area contributed by atoms with Gasteiger partial charge >= 0.3 is 0 Å². The van der Waals surface area contributed by atoms with Crippen LogP contribution in [0.3, 0.4) is 0 Å². The van der Waals surface area contributed by atoms with Crippen molar-refractivity contribution in [1.82, 2.24) is 9.80 Å². The summed E-state index contributed by atoms with van der Waals surface area (Å²) in [6.07, 6.45) is 0. The number of rotatable bonds is 2. The van der Waals surface area contributed by atoms with E-state index in [-0.39, 0.29) is 22.7 Å². The maximum Gasteiger partial charge on any atom is 0.288 e. The highest BCUT2D eigenvalue weighted by atomic mass is 35.5. The van der Waals surface area contributed by atoms with Gasteiger partial charge in [0.1, 0.15) is 5.02 Å². The van der Waals surface area contributed by atoms with E-state index in [1.165, 1.54) is 18.2 Å². The van der Waals surface area contributed by atoms with Gasteiger partial charge < -0.3 is 9.80 Å². The maximum atomic E-state index is 12.4. The van der Waals surface area contributed by atoms with E-state index < -0.39 is 4.92 Å². The quantitative estimate of drug-likeness (QED) is 0.619. The lowest BCUT2D eigenvalue weighted by molar-refractivity contribution is -0.384. The number of benzene rings is 1. The van der Waals surface area contributed by atoms with Gasteiger partial charge in [-0.25, -0.2) is 0 Å². The number of nitrogens with zero attached hydrogens (tertiary/aromatic N) is 3. The molecule has 0 radical (unpaired) electrons. The summed E-state index contributed by atoms with van der Waals surface area (Å²) in [6.45, 7) is 4.18. The van der Waals surface area contributed by atoms with Gasteiger partial charge in [-0.15, -0.1) is 0 Å². The zero-order chi connectivity index (χ0) is 14.9. The van der Waals surface area contributed by atoms with Crippen LogP contribution in [0.1, 0.15) is 17.3 Å². The standard InChI is InChI=1S/C13H16ClN3O3/c1-9-8-15(2)5-6-16(9)13(18)10-3-4-11(14)12(7-10)17(19)20/h3-4,7,9H,5-6,8H2,1-2H3. The summed E-state index contributed by atoms with van der Waals surface area (Å²) in [5.41, 5.74) is 0.0665. The van der Waals surface area contributed by atoms with Gasteiger partial charge in [0.15, 0.2) is 0 Å². The van der Waals surface area contributed by atoms with E-state index in [1.54, 1.807) is 4.90 Å². The fourth-order valence-corrected chi connectivity index (χ4v) is 2.58. The van der Waals surface area contributed by atoms with Crippen molar-refractivity contribution in [3.8, 4) is 0 Å². The SMILES string of the molecule is CC1CN(C)CCN1C(=O)c1ccc(Cl)c([N+](=O)[O-])c1. The zero-order valence-electron chi connectivity index (χ0n) is 11.4. The molecule has 1 fully saturated rings. The molecular weight excluding hydrogens is 282 g/mol. The number of nitro groups is 1. The fourth-order valence-electron chi connectivity index (χ4n) is 2.39. The topological polar surface area (TPSA) is 66.7 Å². The first-order valence-corrected chi connectivity index (χ1v) is 6.71. The molecule has 108 valence electrons. The van der Waals surface area contributed by atoms with Gasteiger partial charge in [-0.05, 0) is 26.1 Å². The first-order chi connectivity index (χ1) is 9.40. The minimum atomic E-state index is -0.577. The molecule has 1 atom stereocenters. The molecule has 0 bridgehead atoms. The monoisotopic (exact) mass is 297 g/mol. The Bertz CT molecular complexity index is 550. The Balaban J connectivity index is 2.25. The van der Waals surface area contributed by atoms with E-state index in [1.807, 2.05) is 14.0 Å². The average molecular weight is 298 g/mol. The van der Waals surface area contributed by atoms with Gasteiger partial charge in [-0.2, -0.15) is 0 Å². The van der Waals surface area contributed by atoms with Crippen molar-refractivity contribution in [2.75, 3.05) is 26.7 Å². The first kappa shape index (κ1) is 14.7. The second kappa shape index (κ2) is 5.76. The number of carbonyl (C=O) groups is 1. The van der Waals surface area contributed by atoms with E-state index in [0.29, 0.717) is 12.1 Å². The molecule has 0 saturated carbocycles. The summed E-state index contributed by atoms with van der Waals surface area (Å²) in [5.74, 6) is -0.189. The van der Waals surface area contributed by atoms with E-state index in [2.05, 4.69) is 4.90 Å². The first-order valence-electron chi connectivity index (χ1n) is 6.33. The number of nitro benzene ring substituents is 1. The Labute approximate surface area is 122 Å². The third-order valence-corrected chi connectivity index (χ3v) is 3.80.